The van der Waals surface area contributed by atoms with Crippen molar-refractivity contribution in [3.8, 4) is 0 Å². The Labute approximate surface area is 118 Å². The number of benzene rings is 2. The molecule has 6 heteroatoms. The molecule has 0 fully saturated rings. The molecule has 0 aliphatic carbocycles. The van der Waals surface area contributed by atoms with Gasteiger partial charge in [0.15, 0.2) is 17.5 Å². The van der Waals surface area contributed by atoms with Gasteiger partial charge in [-0.25, -0.2) is 17.6 Å². The van der Waals surface area contributed by atoms with Crippen molar-refractivity contribution in [1.82, 2.24) is 0 Å². The van der Waals surface area contributed by atoms with Gasteiger partial charge in [-0.2, -0.15) is 0 Å². The Kier molecular flexibility index (Phi) is 4.18. The van der Waals surface area contributed by atoms with Gasteiger partial charge >= 0.3 is 0 Å². The molecule has 2 aromatic rings. The first kappa shape index (κ1) is 14.7. The van der Waals surface area contributed by atoms with Crippen molar-refractivity contribution < 1.29 is 17.6 Å². The molecule has 1 nitrogen and oxygen atoms in total. The highest BCUT2D eigenvalue weighted by Gasteiger charge is 2.14. The third-order valence-electron chi connectivity index (χ3n) is 2.81. The molecule has 2 aromatic carbocycles. The summed E-state index contributed by atoms with van der Waals surface area (Å²) in [6.07, 6.45) is 0. The molecule has 0 amide bonds. The predicted octanol–water partition coefficient (Wildman–Crippen LogP) is 5.07. The summed E-state index contributed by atoms with van der Waals surface area (Å²) < 4.78 is 52.5. The maximum atomic E-state index is 13.6. The van der Waals surface area contributed by atoms with Gasteiger partial charge in [0.2, 0.25) is 0 Å². The SMILES string of the molecule is CC(Nc1c(F)cc(F)cc1Cl)c1ccc(F)c(F)c1. The normalized spacial score (nSPS) is 12.3. The van der Waals surface area contributed by atoms with E-state index in [4.69, 9.17) is 11.6 Å². The Balaban J connectivity index is 2.27. The van der Waals surface area contributed by atoms with Crippen LogP contribution in [0.3, 0.4) is 0 Å². The molecule has 1 unspecified atom stereocenters. The van der Waals surface area contributed by atoms with Gasteiger partial charge < -0.3 is 5.32 Å². The molecule has 1 atom stereocenters. The van der Waals surface area contributed by atoms with E-state index in [0.29, 0.717) is 11.6 Å². The maximum absolute atomic E-state index is 13.6. The van der Waals surface area contributed by atoms with Crippen LogP contribution in [0.15, 0.2) is 30.3 Å². The zero-order chi connectivity index (χ0) is 14.9. The molecular formula is C14H10ClF4N. The molecule has 0 saturated heterocycles. The Hall–Kier alpha value is -1.75. The van der Waals surface area contributed by atoms with Gasteiger partial charge in [0.1, 0.15) is 5.82 Å². The molecule has 0 aliphatic rings. The van der Waals surface area contributed by atoms with Gasteiger partial charge in [-0.3, -0.25) is 0 Å². The second kappa shape index (κ2) is 5.71. The average molecular weight is 304 g/mol. The Morgan fingerprint density at radius 3 is 2.25 bits per heavy atom. The molecule has 0 spiro atoms. The molecular weight excluding hydrogens is 294 g/mol. The highest BCUT2D eigenvalue weighted by Crippen LogP contribution is 2.30. The summed E-state index contributed by atoms with van der Waals surface area (Å²) in [6, 6.07) is 4.46. The van der Waals surface area contributed by atoms with E-state index in [1.54, 1.807) is 6.92 Å². The number of rotatable bonds is 3. The van der Waals surface area contributed by atoms with Crippen molar-refractivity contribution in [2.24, 2.45) is 0 Å². The number of hydrogen-bond donors (Lipinski definition) is 1. The maximum Gasteiger partial charge on any atom is 0.159 e. The van der Waals surface area contributed by atoms with E-state index >= 15 is 0 Å². The lowest BCUT2D eigenvalue weighted by Gasteiger charge is -2.17. The topological polar surface area (TPSA) is 12.0 Å². The van der Waals surface area contributed by atoms with Crippen molar-refractivity contribution in [2.75, 3.05) is 5.32 Å². The highest BCUT2D eigenvalue weighted by molar-refractivity contribution is 6.33. The van der Waals surface area contributed by atoms with E-state index in [-0.39, 0.29) is 10.7 Å². The molecule has 0 saturated carbocycles. The Morgan fingerprint density at radius 1 is 0.950 bits per heavy atom. The van der Waals surface area contributed by atoms with Crippen molar-refractivity contribution >= 4 is 17.3 Å². The van der Waals surface area contributed by atoms with E-state index in [0.717, 1.165) is 18.2 Å². The first-order chi connectivity index (χ1) is 9.38. The molecule has 0 aromatic heterocycles. The van der Waals surface area contributed by atoms with Gasteiger partial charge in [0.25, 0.3) is 0 Å². The lowest BCUT2D eigenvalue weighted by Crippen LogP contribution is -2.09. The summed E-state index contributed by atoms with van der Waals surface area (Å²) in [4.78, 5) is 0. The Bertz CT molecular complexity index is 622. The van der Waals surface area contributed by atoms with Crippen molar-refractivity contribution in [1.29, 1.82) is 0 Å². The summed E-state index contributed by atoms with van der Waals surface area (Å²) in [5, 5.41) is 2.58. The van der Waals surface area contributed by atoms with Crippen LogP contribution in [-0.4, -0.2) is 0 Å². The minimum atomic E-state index is -0.998. The first-order valence-electron chi connectivity index (χ1n) is 5.74. The van der Waals surface area contributed by atoms with Gasteiger partial charge in [-0.05, 0) is 30.7 Å². The van der Waals surface area contributed by atoms with E-state index in [1.807, 2.05) is 0 Å². The zero-order valence-corrected chi connectivity index (χ0v) is 11.1. The molecule has 106 valence electrons. The van der Waals surface area contributed by atoms with Crippen LogP contribution in [0.2, 0.25) is 5.02 Å². The van der Waals surface area contributed by atoms with Crippen molar-refractivity contribution in [2.45, 2.75) is 13.0 Å². The Morgan fingerprint density at radius 2 is 1.65 bits per heavy atom. The smallest absolute Gasteiger partial charge is 0.159 e. The fourth-order valence-electron chi connectivity index (χ4n) is 1.76. The van der Waals surface area contributed by atoms with Gasteiger partial charge in [-0.15, -0.1) is 0 Å². The second-order valence-electron chi connectivity index (χ2n) is 4.28. The molecule has 0 heterocycles. The van der Waals surface area contributed by atoms with Crippen LogP contribution in [0.5, 0.6) is 0 Å². The lowest BCUT2D eigenvalue weighted by atomic mass is 10.1. The molecule has 2 rings (SSSR count). The number of halogens is 5. The van der Waals surface area contributed by atoms with Gasteiger partial charge in [0.05, 0.1) is 10.7 Å². The third-order valence-corrected chi connectivity index (χ3v) is 3.11. The van der Waals surface area contributed by atoms with Gasteiger partial charge in [0, 0.05) is 12.1 Å². The second-order valence-corrected chi connectivity index (χ2v) is 4.69. The average Bonchev–Trinajstić information content (AvgIpc) is 2.36. The van der Waals surface area contributed by atoms with Crippen molar-refractivity contribution in [3.05, 3.63) is 64.2 Å². The molecule has 1 N–H and O–H groups in total. The molecule has 0 radical (unpaired) electrons. The van der Waals surface area contributed by atoms with Crippen LogP contribution in [-0.2, 0) is 0 Å². The fourth-order valence-corrected chi connectivity index (χ4v) is 2.01. The van der Waals surface area contributed by atoms with Crippen LogP contribution in [0.1, 0.15) is 18.5 Å². The summed E-state index contributed by atoms with van der Waals surface area (Å²) in [5.74, 6) is -3.61. The standard InChI is InChI=1S/C14H10ClF4N/c1-7(8-2-3-11(17)12(18)4-8)20-14-10(15)5-9(16)6-13(14)19/h2-7,20H,1H3. The quantitative estimate of drug-likeness (QED) is 0.781. The van der Waals surface area contributed by atoms with Gasteiger partial charge in [-0.1, -0.05) is 17.7 Å². The highest BCUT2D eigenvalue weighted by atomic mass is 35.5. The summed E-state index contributed by atoms with van der Waals surface area (Å²) in [6.45, 7) is 1.62. The van der Waals surface area contributed by atoms with Crippen LogP contribution in [0, 0.1) is 23.3 Å². The third kappa shape index (κ3) is 3.04. The number of hydrogen-bond acceptors (Lipinski definition) is 1. The molecule has 0 aliphatic heterocycles. The summed E-state index contributed by atoms with van der Waals surface area (Å²) >= 11 is 5.75. The lowest BCUT2D eigenvalue weighted by molar-refractivity contribution is 0.506. The van der Waals surface area contributed by atoms with Crippen molar-refractivity contribution in [3.63, 3.8) is 0 Å². The first-order valence-corrected chi connectivity index (χ1v) is 6.12. The van der Waals surface area contributed by atoms with Crippen LogP contribution >= 0.6 is 11.6 Å². The molecule has 20 heavy (non-hydrogen) atoms. The van der Waals surface area contributed by atoms with E-state index in [9.17, 15) is 17.6 Å². The van der Waals surface area contributed by atoms with E-state index < -0.39 is 29.3 Å². The molecule has 0 bridgehead atoms. The van der Waals surface area contributed by atoms with E-state index in [2.05, 4.69) is 5.32 Å². The van der Waals surface area contributed by atoms with Crippen LogP contribution in [0.25, 0.3) is 0 Å². The minimum absolute atomic E-state index is 0.0923. The minimum Gasteiger partial charge on any atom is -0.375 e. The largest absolute Gasteiger partial charge is 0.375 e. The van der Waals surface area contributed by atoms with Crippen LogP contribution in [0.4, 0.5) is 23.2 Å². The summed E-state index contributed by atoms with van der Waals surface area (Å²) in [5.41, 5.74) is 0.314. The predicted molar refractivity (Wildman–Crippen MR) is 69.8 cm³/mol. The summed E-state index contributed by atoms with van der Waals surface area (Å²) in [7, 11) is 0. The number of anilines is 1. The van der Waals surface area contributed by atoms with E-state index in [1.165, 1.54) is 6.07 Å². The zero-order valence-electron chi connectivity index (χ0n) is 10.4. The fraction of sp³-hybridized carbons (Fsp3) is 0.143. The van der Waals surface area contributed by atoms with Crippen LogP contribution < -0.4 is 5.32 Å². The monoisotopic (exact) mass is 303 g/mol. The number of nitrogens with one attached hydrogen (secondary N) is 1.